The van der Waals surface area contributed by atoms with E-state index < -0.39 is 41.8 Å². The van der Waals surface area contributed by atoms with Gasteiger partial charge in [-0.2, -0.15) is 0 Å². The van der Waals surface area contributed by atoms with Crippen LogP contribution in [0, 0.1) is 0 Å². The Labute approximate surface area is 214 Å². The zero-order chi connectivity index (χ0) is 26.9. The molecule has 0 saturated carbocycles. The zero-order valence-corrected chi connectivity index (χ0v) is 21.2. The van der Waals surface area contributed by atoms with Gasteiger partial charge in [-0.15, -0.1) is 0 Å². The number of rotatable bonds is 9. The second kappa shape index (κ2) is 10.5. The number of ether oxygens (including phenoxy) is 4. The molecule has 0 aromatic heterocycles. The maximum absolute atomic E-state index is 13.1. The van der Waals surface area contributed by atoms with E-state index in [1.807, 2.05) is 0 Å². The molecule has 3 heterocycles. The van der Waals surface area contributed by atoms with Gasteiger partial charge in [-0.05, 0) is 51.0 Å². The lowest BCUT2D eigenvalue weighted by molar-refractivity contribution is -0.163. The summed E-state index contributed by atoms with van der Waals surface area (Å²) < 4.78 is 22.5. The standard InChI is InChI=1S/C25H33N3O9/c1-25(2,3)37-21(29)7-6-18(22(26)30)28-9-14-8-15(4-5-17(14)23(28)31)35-19-10-27(24(32)33)11-20(19)36-16-12-34-13-16/h4-5,8,16,18-20H,6-7,9-13H2,1-3H3,(H2,26,30)(H,32,33)/t18-,19+,20+/m0/s1. The maximum Gasteiger partial charge on any atom is 0.407 e. The molecule has 12 nitrogen and oxygen atoms in total. The Morgan fingerprint density at radius 2 is 1.89 bits per heavy atom. The number of benzene rings is 1. The normalized spacial score (nSPS) is 22.4. The van der Waals surface area contributed by atoms with Crippen molar-refractivity contribution in [3.05, 3.63) is 29.3 Å². The fourth-order valence-corrected chi connectivity index (χ4v) is 4.60. The average Bonchev–Trinajstić information content (AvgIpc) is 3.30. The monoisotopic (exact) mass is 519 g/mol. The van der Waals surface area contributed by atoms with E-state index in [1.165, 1.54) is 9.80 Å². The summed E-state index contributed by atoms with van der Waals surface area (Å²) in [5.41, 5.74) is 5.98. The molecule has 3 N–H and O–H groups in total. The lowest BCUT2D eigenvalue weighted by atomic mass is 10.1. The number of carbonyl (C=O) groups excluding carboxylic acids is 3. The molecule has 3 aliphatic heterocycles. The summed E-state index contributed by atoms with van der Waals surface area (Å²) in [5, 5.41) is 9.42. The molecule has 1 aromatic rings. The Morgan fingerprint density at radius 1 is 1.19 bits per heavy atom. The number of amides is 3. The second-order valence-corrected chi connectivity index (χ2v) is 10.5. The molecule has 2 fully saturated rings. The van der Waals surface area contributed by atoms with E-state index in [2.05, 4.69) is 0 Å². The molecule has 3 aliphatic rings. The van der Waals surface area contributed by atoms with E-state index >= 15 is 0 Å². The third kappa shape index (κ3) is 6.31. The van der Waals surface area contributed by atoms with E-state index in [0.717, 1.165) is 0 Å². The van der Waals surface area contributed by atoms with E-state index in [9.17, 15) is 24.3 Å². The Balaban J connectivity index is 1.43. The van der Waals surface area contributed by atoms with Crippen molar-refractivity contribution in [2.75, 3.05) is 26.3 Å². The van der Waals surface area contributed by atoms with Gasteiger partial charge >= 0.3 is 12.1 Å². The van der Waals surface area contributed by atoms with Crippen LogP contribution in [0.1, 0.15) is 49.5 Å². The fourth-order valence-electron chi connectivity index (χ4n) is 4.60. The molecule has 3 amide bonds. The molecule has 0 bridgehead atoms. The first-order valence-electron chi connectivity index (χ1n) is 12.2. The van der Waals surface area contributed by atoms with Gasteiger partial charge in [-0.1, -0.05) is 0 Å². The van der Waals surface area contributed by atoms with Crippen molar-refractivity contribution >= 4 is 23.9 Å². The van der Waals surface area contributed by atoms with Crippen molar-refractivity contribution in [1.82, 2.24) is 9.80 Å². The van der Waals surface area contributed by atoms with Crippen molar-refractivity contribution in [1.29, 1.82) is 0 Å². The van der Waals surface area contributed by atoms with Crippen LogP contribution in [0.5, 0.6) is 5.75 Å². The molecule has 37 heavy (non-hydrogen) atoms. The highest BCUT2D eigenvalue weighted by Crippen LogP contribution is 2.31. The number of carboxylic acid groups (broad SMARTS) is 1. The number of nitrogens with two attached hydrogens (primary N) is 1. The molecule has 0 aliphatic carbocycles. The van der Waals surface area contributed by atoms with Crippen LogP contribution in [-0.4, -0.2) is 95.0 Å². The van der Waals surface area contributed by atoms with Gasteiger partial charge in [0, 0.05) is 18.5 Å². The average molecular weight is 520 g/mol. The van der Waals surface area contributed by atoms with Crippen LogP contribution in [0.25, 0.3) is 0 Å². The molecular formula is C25H33N3O9. The number of likely N-dealkylation sites (tertiary alicyclic amines) is 1. The van der Waals surface area contributed by atoms with Crippen LogP contribution >= 0.6 is 0 Å². The lowest BCUT2D eigenvalue weighted by Gasteiger charge is -2.31. The molecule has 12 heteroatoms. The van der Waals surface area contributed by atoms with Crippen LogP contribution in [0.15, 0.2) is 18.2 Å². The number of primary amides is 1. The minimum absolute atomic E-state index is 0.0460. The number of nitrogens with zero attached hydrogens (tertiary/aromatic N) is 2. The van der Waals surface area contributed by atoms with Crippen LogP contribution in [0.4, 0.5) is 4.79 Å². The summed E-state index contributed by atoms with van der Waals surface area (Å²) in [5.74, 6) is -1.09. The highest BCUT2D eigenvalue weighted by atomic mass is 16.6. The van der Waals surface area contributed by atoms with Gasteiger partial charge < -0.3 is 39.6 Å². The van der Waals surface area contributed by atoms with Gasteiger partial charge in [0.05, 0.1) is 26.3 Å². The first-order valence-corrected chi connectivity index (χ1v) is 12.2. The molecule has 4 rings (SSSR count). The SMILES string of the molecule is CC(C)(C)OC(=O)CC[C@@H](C(N)=O)N1Cc2cc(O[C@@H]3CN(C(=O)O)C[C@H]3OC3COC3)ccc2C1=O. The first-order chi connectivity index (χ1) is 17.4. The maximum atomic E-state index is 13.1. The van der Waals surface area contributed by atoms with Gasteiger partial charge in [0.25, 0.3) is 5.91 Å². The molecule has 0 unspecified atom stereocenters. The summed E-state index contributed by atoms with van der Waals surface area (Å²) in [6.45, 7) is 6.62. The largest absolute Gasteiger partial charge is 0.486 e. The summed E-state index contributed by atoms with van der Waals surface area (Å²) >= 11 is 0. The molecule has 202 valence electrons. The Kier molecular flexibility index (Phi) is 7.60. The molecular weight excluding hydrogens is 486 g/mol. The smallest absolute Gasteiger partial charge is 0.407 e. The van der Waals surface area contributed by atoms with Gasteiger partial charge in [-0.25, -0.2) is 4.79 Å². The summed E-state index contributed by atoms with van der Waals surface area (Å²) in [4.78, 5) is 51.5. The molecule has 0 radical (unpaired) electrons. The Hall–Kier alpha value is -3.38. The van der Waals surface area contributed by atoms with Crippen molar-refractivity contribution < 1.29 is 43.2 Å². The van der Waals surface area contributed by atoms with E-state index in [1.54, 1.807) is 39.0 Å². The van der Waals surface area contributed by atoms with Crippen LogP contribution < -0.4 is 10.5 Å². The first kappa shape index (κ1) is 26.7. The molecule has 3 atom stereocenters. The third-order valence-corrected chi connectivity index (χ3v) is 6.40. The van der Waals surface area contributed by atoms with Gasteiger partial charge in [0.2, 0.25) is 5.91 Å². The number of esters is 1. The topological polar surface area (TPSA) is 158 Å². The number of hydrogen-bond acceptors (Lipinski definition) is 8. The van der Waals surface area contributed by atoms with Crippen molar-refractivity contribution in [3.8, 4) is 5.75 Å². The summed E-state index contributed by atoms with van der Waals surface area (Å²) in [7, 11) is 0. The minimum atomic E-state index is -1.05. The molecule has 2 saturated heterocycles. The molecule has 1 aromatic carbocycles. The van der Waals surface area contributed by atoms with Gasteiger partial charge in [0.15, 0.2) is 0 Å². The predicted molar refractivity (Wildman–Crippen MR) is 128 cm³/mol. The van der Waals surface area contributed by atoms with Crippen LogP contribution in [0.3, 0.4) is 0 Å². The van der Waals surface area contributed by atoms with Crippen LogP contribution in [-0.2, 0) is 30.3 Å². The number of hydrogen-bond donors (Lipinski definition) is 2. The zero-order valence-electron chi connectivity index (χ0n) is 21.2. The summed E-state index contributed by atoms with van der Waals surface area (Å²) in [6.07, 6.45) is -2.15. The number of carbonyl (C=O) groups is 4. The van der Waals surface area contributed by atoms with Crippen molar-refractivity contribution in [2.45, 2.75) is 70.1 Å². The number of fused-ring (bicyclic) bond motifs is 1. The molecule has 0 spiro atoms. The quantitative estimate of drug-likeness (QED) is 0.456. The van der Waals surface area contributed by atoms with E-state index in [-0.39, 0.29) is 44.5 Å². The van der Waals surface area contributed by atoms with Crippen LogP contribution in [0.2, 0.25) is 0 Å². The summed E-state index contributed by atoms with van der Waals surface area (Å²) in [6, 6.07) is 3.97. The van der Waals surface area contributed by atoms with Crippen molar-refractivity contribution in [2.24, 2.45) is 5.73 Å². The highest BCUT2D eigenvalue weighted by molar-refractivity contribution is 6.01. The van der Waals surface area contributed by atoms with E-state index in [0.29, 0.717) is 30.1 Å². The fraction of sp³-hybridized carbons (Fsp3) is 0.600. The second-order valence-electron chi connectivity index (χ2n) is 10.5. The van der Waals surface area contributed by atoms with Gasteiger partial charge in [0.1, 0.15) is 35.7 Å². The Bertz CT molecular complexity index is 1070. The predicted octanol–water partition coefficient (Wildman–Crippen LogP) is 1.14. The third-order valence-electron chi connectivity index (χ3n) is 6.40. The minimum Gasteiger partial charge on any atom is -0.486 e. The van der Waals surface area contributed by atoms with Crippen molar-refractivity contribution in [3.63, 3.8) is 0 Å². The van der Waals surface area contributed by atoms with Gasteiger partial charge in [-0.3, -0.25) is 14.4 Å². The lowest BCUT2D eigenvalue weighted by Crippen LogP contribution is -2.45. The van der Waals surface area contributed by atoms with E-state index in [4.69, 9.17) is 24.7 Å². The highest BCUT2D eigenvalue weighted by Gasteiger charge is 2.41. The Morgan fingerprint density at radius 3 is 2.49 bits per heavy atom.